The lowest BCUT2D eigenvalue weighted by molar-refractivity contribution is -0.162. The molecule has 3 atom stereocenters. The van der Waals surface area contributed by atoms with Crippen molar-refractivity contribution in [3.63, 3.8) is 0 Å². The zero-order chi connectivity index (χ0) is 29.1. The predicted octanol–water partition coefficient (Wildman–Crippen LogP) is 3.91. The molecule has 2 aromatic rings. The first-order valence-corrected chi connectivity index (χ1v) is 14.7. The van der Waals surface area contributed by atoms with Crippen molar-refractivity contribution in [2.75, 3.05) is 19.6 Å². The van der Waals surface area contributed by atoms with Gasteiger partial charge in [-0.05, 0) is 56.1 Å². The Balaban J connectivity index is 1.40. The molecule has 2 aliphatic carbocycles. The number of carboxylic acids is 1. The summed E-state index contributed by atoms with van der Waals surface area (Å²) >= 11 is 6.59. The van der Waals surface area contributed by atoms with Gasteiger partial charge in [0.2, 0.25) is 11.8 Å². The molecule has 41 heavy (non-hydrogen) atoms. The molecule has 0 bridgehead atoms. The molecule has 2 amide bonds. The molecule has 12 heteroatoms. The van der Waals surface area contributed by atoms with Crippen LogP contribution in [0.4, 0.5) is 4.39 Å². The van der Waals surface area contributed by atoms with Gasteiger partial charge in [0.15, 0.2) is 11.6 Å². The van der Waals surface area contributed by atoms with Crippen molar-refractivity contribution in [1.82, 2.24) is 24.8 Å². The van der Waals surface area contributed by atoms with Gasteiger partial charge in [0.25, 0.3) is 0 Å². The number of fused-ring (bicyclic) bond motifs is 1. The molecule has 0 radical (unpaired) electrons. The Hall–Kier alpha value is -3.21. The summed E-state index contributed by atoms with van der Waals surface area (Å²) in [7, 11) is 1.72. The van der Waals surface area contributed by atoms with Crippen LogP contribution in [-0.4, -0.2) is 67.3 Å². The van der Waals surface area contributed by atoms with E-state index in [0.29, 0.717) is 49.0 Å². The Morgan fingerprint density at radius 3 is 2.71 bits per heavy atom. The first kappa shape index (κ1) is 27.9. The Labute approximate surface area is 242 Å². The largest absolute Gasteiger partial charge is 0.484 e. The monoisotopic (exact) mass is 587 g/mol. The van der Waals surface area contributed by atoms with Crippen LogP contribution in [0.15, 0.2) is 12.3 Å². The first-order valence-electron chi connectivity index (χ1n) is 14.3. The zero-order valence-electron chi connectivity index (χ0n) is 23.4. The van der Waals surface area contributed by atoms with Gasteiger partial charge >= 0.3 is 5.97 Å². The van der Waals surface area contributed by atoms with Gasteiger partial charge < -0.3 is 19.6 Å². The average Bonchev–Trinajstić information content (AvgIpc) is 3.43. The van der Waals surface area contributed by atoms with Crippen LogP contribution < -0.4 is 4.74 Å². The molecular weight excluding hydrogens is 553 g/mol. The third kappa shape index (κ3) is 4.96. The molecule has 2 aliphatic heterocycles. The number of hydrogen-bond acceptors (Lipinski definition) is 6. The number of aryl methyl sites for hydroxylation is 1. The molecule has 1 aromatic heterocycles. The summed E-state index contributed by atoms with van der Waals surface area (Å²) < 4.78 is 23.2. The van der Waals surface area contributed by atoms with Gasteiger partial charge in [-0.2, -0.15) is 0 Å². The maximum Gasteiger partial charge on any atom is 0.310 e. The second-order valence-electron chi connectivity index (χ2n) is 12.5. The smallest absolute Gasteiger partial charge is 0.310 e. The second-order valence-corrected chi connectivity index (χ2v) is 12.9. The number of likely N-dealkylation sites (tertiary alicyclic amines) is 1. The van der Waals surface area contributed by atoms with E-state index in [1.165, 1.54) is 10.7 Å². The van der Waals surface area contributed by atoms with Gasteiger partial charge in [-0.25, -0.2) is 4.39 Å². The number of amides is 2. The molecule has 1 saturated heterocycles. The number of ether oxygens (including phenoxy) is 1. The maximum atomic E-state index is 15.6. The number of carbonyl (C=O) groups is 3. The number of rotatable bonds is 7. The second kappa shape index (κ2) is 10.3. The van der Waals surface area contributed by atoms with Crippen molar-refractivity contribution < 1.29 is 28.6 Å². The molecule has 2 saturated carbocycles. The first-order chi connectivity index (χ1) is 19.5. The Morgan fingerprint density at radius 1 is 1.27 bits per heavy atom. The minimum absolute atomic E-state index is 0.000436. The van der Waals surface area contributed by atoms with Gasteiger partial charge in [0.1, 0.15) is 12.3 Å². The fourth-order valence-electron chi connectivity index (χ4n) is 7.07. The van der Waals surface area contributed by atoms with E-state index in [2.05, 4.69) is 10.3 Å². The standard InChI is InChI=1S/C29H35ClFN5O5/c1-28(27(39)40)7-4-3-5-19(28)26(38)36-10-6-18-20(30)11-21(31)25(41-15-17-13-34(2)33-32-17)24(18)22(36)14-35-16-29(8-9-29)12-23(35)37/h11,13,19,22H,3-10,12,14-16H2,1-2H3,(H,39,40)/t19-,22+,28-/m0/s1. The number of hydrogen-bond donors (Lipinski definition) is 1. The van der Waals surface area contributed by atoms with Crippen LogP contribution in [0.3, 0.4) is 0 Å². The van der Waals surface area contributed by atoms with Crippen LogP contribution in [0.2, 0.25) is 5.02 Å². The van der Waals surface area contributed by atoms with E-state index in [4.69, 9.17) is 16.3 Å². The fraction of sp³-hybridized carbons (Fsp3) is 0.621. The summed E-state index contributed by atoms with van der Waals surface area (Å²) in [5.74, 6) is -2.68. The van der Waals surface area contributed by atoms with E-state index >= 15 is 4.39 Å². The van der Waals surface area contributed by atoms with Gasteiger partial charge in [-0.15, -0.1) is 5.10 Å². The number of benzene rings is 1. The topological polar surface area (TPSA) is 118 Å². The molecule has 3 heterocycles. The number of carboxylic acid groups (broad SMARTS) is 1. The van der Waals surface area contributed by atoms with E-state index < -0.39 is 29.2 Å². The van der Waals surface area contributed by atoms with E-state index in [1.54, 1.807) is 30.0 Å². The van der Waals surface area contributed by atoms with E-state index in [1.807, 2.05) is 0 Å². The zero-order valence-corrected chi connectivity index (χ0v) is 24.1. The highest BCUT2D eigenvalue weighted by molar-refractivity contribution is 6.31. The highest BCUT2D eigenvalue weighted by Gasteiger charge is 2.54. The van der Waals surface area contributed by atoms with Crippen molar-refractivity contribution in [3.8, 4) is 5.75 Å². The van der Waals surface area contributed by atoms with E-state index in [0.717, 1.165) is 25.7 Å². The molecule has 4 aliphatic rings. The Kier molecular flexibility index (Phi) is 6.99. The molecule has 1 aromatic carbocycles. The highest BCUT2D eigenvalue weighted by atomic mass is 35.5. The van der Waals surface area contributed by atoms with Gasteiger partial charge in [-0.1, -0.05) is 29.7 Å². The predicted molar refractivity (Wildman–Crippen MR) is 145 cm³/mol. The summed E-state index contributed by atoms with van der Waals surface area (Å²) in [6.45, 7) is 2.64. The summed E-state index contributed by atoms with van der Waals surface area (Å²) in [5.41, 5.74) is 0.414. The van der Waals surface area contributed by atoms with Crippen molar-refractivity contribution in [3.05, 3.63) is 39.9 Å². The minimum Gasteiger partial charge on any atom is -0.484 e. The van der Waals surface area contributed by atoms with Crippen LogP contribution in [-0.2, 0) is 34.5 Å². The minimum atomic E-state index is -1.20. The molecule has 0 unspecified atom stereocenters. The maximum absolute atomic E-state index is 15.6. The summed E-state index contributed by atoms with van der Waals surface area (Å²) in [4.78, 5) is 43.3. The summed E-state index contributed by atoms with van der Waals surface area (Å²) in [6.07, 6.45) is 6.85. The number of aliphatic carboxylic acids is 1. The number of halogens is 2. The van der Waals surface area contributed by atoms with E-state index in [9.17, 15) is 19.5 Å². The lowest BCUT2D eigenvalue weighted by atomic mass is 9.66. The van der Waals surface area contributed by atoms with Crippen LogP contribution in [0.5, 0.6) is 5.75 Å². The van der Waals surface area contributed by atoms with Crippen LogP contribution in [0.1, 0.15) is 74.7 Å². The summed E-state index contributed by atoms with van der Waals surface area (Å²) in [6, 6.07) is 0.484. The summed E-state index contributed by atoms with van der Waals surface area (Å²) in [5, 5.41) is 18.3. The lowest BCUT2D eigenvalue weighted by Crippen LogP contribution is -2.52. The Morgan fingerprint density at radius 2 is 2.05 bits per heavy atom. The molecular formula is C29H35ClFN5O5. The normalized spacial score (nSPS) is 26.8. The lowest BCUT2D eigenvalue weighted by Gasteiger charge is -2.45. The van der Waals surface area contributed by atoms with Crippen LogP contribution in [0, 0.1) is 22.6 Å². The SMILES string of the molecule is Cn1cc(COc2c(F)cc(Cl)c3c2[C@@H](CN2CC4(CC4)CC2=O)N(C(=O)[C@@H]2CCCC[C@]2(C)C(=O)O)CC3)nn1. The molecule has 10 nitrogen and oxygen atoms in total. The molecule has 220 valence electrons. The molecule has 1 N–H and O–H groups in total. The Bertz CT molecular complexity index is 1410. The van der Waals surface area contributed by atoms with Gasteiger partial charge in [-0.3, -0.25) is 19.1 Å². The van der Waals surface area contributed by atoms with Crippen LogP contribution >= 0.6 is 11.6 Å². The van der Waals surface area contributed by atoms with Crippen molar-refractivity contribution in [1.29, 1.82) is 0 Å². The van der Waals surface area contributed by atoms with Crippen molar-refractivity contribution in [2.45, 2.75) is 70.9 Å². The molecule has 6 rings (SSSR count). The number of aromatic nitrogens is 3. The highest BCUT2D eigenvalue weighted by Crippen LogP contribution is 2.54. The molecule has 3 fully saturated rings. The fourth-order valence-corrected chi connectivity index (χ4v) is 7.36. The number of carbonyl (C=O) groups excluding carboxylic acids is 2. The van der Waals surface area contributed by atoms with E-state index in [-0.39, 0.29) is 47.7 Å². The average molecular weight is 588 g/mol. The number of nitrogens with zero attached hydrogens (tertiary/aromatic N) is 5. The quantitative estimate of drug-likeness (QED) is 0.522. The molecule has 1 spiro atoms. The van der Waals surface area contributed by atoms with Crippen molar-refractivity contribution >= 4 is 29.4 Å². The third-order valence-corrected chi connectivity index (χ3v) is 10.0. The van der Waals surface area contributed by atoms with Gasteiger partial charge in [0, 0.05) is 43.7 Å². The van der Waals surface area contributed by atoms with Gasteiger partial charge in [0.05, 0.1) is 23.6 Å². The van der Waals surface area contributed by atoms with Crippen LogP contribution in [0.25, 0.3) is 0 Å². The van der Waals surface area contributed by atoms with Crippen molar-refractivity contribution in [2.24, 2.45) is 23.8 Å². The third-order valence-electron chi connectivity index (χ3n) is 9.69.